The molecule has 0 bridgehead atoms. The minimum atomic E-state index is -0.234. The minimum absolute atomic E-state index is 0.234. The van der Waals surface area contributed by atoms with E-state index in [4.69, 9.17) is 0 Å². The second-order valence-corrected chi connectivity index (χ2v) is 8.63. The normalized spacial score (nSPS) is 11.2. The van der Waals surface area contributed by atoms with E-state index in [9.17, 15) is 4.79 Å². The molecular weight excluding hydrogens is 504 g/mol. The summed E-state index contributed by atoms with van der Waals surface area (Å²) in [5.41, 5.74) is 4.05. The van der Waals surface area contributed by atoms with Crippen LogP contribution in [0.15, 0.2) is 92.6 Å². The van der Waals surface area contributed by atoms with Gasteiger partial charge in [-0.25, -0.2) is 0 Å². The Morgan fingerprint density at radius 3 is 2.03 bits per heavy atom. The highest BCUT2D eigenvalue weighted by Gasteiger charge is 2.15. The van der Waals surface area contributed by atoms with Gasteiger partial charge in [-0.05, 0) is 60.5 Å². The molecule has 0 spiro atoms. The van der Waals surface area contributed by atoms with Crippen molar-refractivity contribution in [2.24, 2.45) is 0 Å². The van der Waals surface area contributed by atoms with Crippen LogP contribution >= 0.6 is 31.9 Å². The summed E-state index contributed by atoms with van der Waals surface area (Å²) in [5.74, 6) is 0.586. The van der Waals surface area contributed by atoms with Crippen LogP contribution in [-0.2, 0) is 0 Å². The number of hydrogen-bond donors (Lipinski definition) is 0. The van der Waals surface area contributed by atoms with Crippen LogP contribution in [0.3, 0.4) is 0 Å². The van der Waals surface area contributed by atoms with E-state index >= 15 is 0 Å². The first-order chi connectivity index (χ1) is 14.5. The molecule has 0 aliphatic rings. The summed E-state index contributed by atoms with van der Waals surface area (Å²) in [4.78, 5) is 17.4. The SMILES string of the molecule is Cc1c(-c2ccccc2)c(=O)nc(C=Cc2ccc(Br)cc2)n1-c1ccc(Br)cc1. The Kier molecular flexibility index (Phi) is 6.11. The van der Waals surface area contributed by atoms with Gasteiger partial charge in [-0.3, -0.25) is 9.36 Å². The minimum Gasteiger partial charge on any atom is -0.298 e. The van der Waals surface area contributed by atoms with Crippen LogP contribution in [-0.4, -0.2) is 9.55 Å². The van der Waals surface area contributed by atoms with Gasteiger partial charge < -0.3 is 0 Å². The van der Waals surface area contributed by atoms with E-state index in [1.807, 2.05) is 103 Å². The molecule has 1 aromatic heterocycles. The Morgan fingerprint density at radius 1 is 0.800 bits per heavy atom. The zero-order valence-corrected chi connectivity index (χ0v) is 19.4. The van der Waals surface area contributed by atoms with Gasteiger partial charge in [0.2, 0.25) is 0 Å². The lowest BCUT2D eigenvalue weighted by Gasteiger charge is -2.17. The van der Waals surface area contributed by atoms with E-state index in [1.54, 1.807) is 0 Å². The quantitative estimate of drug-likeness (QED) is 0.292. The van der Waals surface area contributed by atoms with Crippen molar-refractivity contribution in [1.82, 2.24) is 9.55 Å². The topological polar surface area (TPSA) is 34.9 Å². The molecule has 0 amide bonds. The Morgan fingerprint density at radius 2 is 1.40 bits per heavy atom. The molecule has 0 unspecified atom stereocenters. The van der Waals surface area contributed by atoms with Gasteiger partial charge in [0, 0.05) is 20.3 Å². The van der Waals surface area contributed by atoms with Gasteiger partial charge in [-0.2, -0.15) is 4.98 Å². The van der Waals surface area contributed by atoms with Crippen molar-refractivity contribution in [3.05, 3.63) is 115 Å². The Labute approximate surface area is 192 Å². The number of rotatable bonds is 4. The second-order valence-electron chi connectivity index (χ2n) is 6.80. The van der Waals surface area contributed by atoms with Gasteiger partial charge in [0.15, 0.2) is 0 Å². The molecule has 3 aromatic carbocycles. The largest absolute Gasteiger partial charge is 0.298 e. The summed E-state index contributed by atoms with van der Waals surface area (Å²) in [6.07, 6.45) is 3.85. The third kappa shape index (κ3) is 4.37. The molecule has 0 aliphatic carbocycles. The van der Waals surface area contributed by atoms with Crippen molar-refractivity contribution in [2.75, 3.05) is 0 Å². The molecule has 0 radical (unpaired) electrons. The highest BCUT2D eigenvalue weighted by Crippen LogP contribution is 2.25. The first-order valence-corrected chi connectivity index (χ1v) is 11.0. The molecule has 1 heterocycles. The fourth-order valence-corrected chi connectivity index (χ4v) is 3.89. The molecule has 0 aliphatic heterocycles. The van der Waals surface area contributed by atoms with Gasteiger partial charge in [0.1, 0.15) is 5.82 Å². The van der Waals surface area contributed by atoms with Gasteiger partial charge in [-0.15, -0.1) is 0 Å². The second kappa shape index (κ2) is 8.94. The zero-order chi connectivity index (χ0) is 21.1. The smallest absolute Gasteiger partial charge is 0.281 e. The lowest BCUT2D eigenvalue weighted by molar-refractivity contribution is 0.900. The molecule has 30 heavy (non-hydrogen) atoms. The summed E-state index contributed by atoms with van der Waals surface area (Å²) >= 11 is 6.95. The van der Waals surface area contributed by atoms with Crippen LogP contribution in [0.25, 0.3) is 29.0 Å². The monoisotopic (exact) mass is 520 g/mol. The van der Waals surface area contributed by atoms with Crippen molar-refractivity contribution in [3.63, 3.8) is 0 Å². The number of benzene rings is 3. The summed E-state index contributed by atoms with van der Waals surface area (Å²) < 4.78 is 4.03. The molecule has 0 saturated heterocycles. The first-order valence-electron chi connectivity index (χ1n) is 9.41. The average Bonchev–Trinajstić information content (AvgIpc) is 2.75. The lowest BCUT2D eigenvalue weighted by Crippen LogP contribution is -2.20. The molecule has 5 heteroatoms. The number of aromatic nitrogens is 2. The van der Waals surface area contributed by atoms with Crippen LogP contribution < -0.4 is 5.56 Å². The molecule has 3 nitrogen and oxygen atoms in total. The van der Waals surface area contributed by atoms with Crippen molar-refractivity contribution in [2.45, 2.75) is 6.92 Å². The van der Waals surface area contributed by atoms with E-state index in [0.717, 1.165) is 31.5 Å². The third-order valence-electron chi connectivity index (χ3n) is 4.80. The first kappa shape index (κ1) is 20.5. The van der Waals surface area contributed by atoms with E-state index in [2.05, 4.69) is 36.8 Å². The fourth-order valence-electron chi connectivity index (χ4n) is 3.36. The molecule has 0 atom stereocenters. The Balaban J connectivity index is 1.91. The molecular formula is C25H18Br2N2O. The van der Waals surface area contributed by atoms with Gasteiger partial charge in [-0.1, -0.05) is 80.4 Å². The van der Waals surface area contributed by atoms with E-state index < -0.39 is 0 Å². The third-order valence-corrected chi connectivity index (χ3v) is 5.86. The highest BCUT2D eigenvalue weighted by atomic mass is 79.9. The zero-order valence-electron chi connectivity index (χ0n) is 16.2. The predicted octanol–water partition coefficient (Wildman–Crippen LogP) is 6.90. The molecule has 0 N–H and O–H groups in total. The summed E-state index contributed by atoms with van der Waals surface area (Å²) in [6, 6.07) is 25.6. The predicted molar refractivity (Wildman–Crippen MR) is 131 cm³/mol. The summed E-state index contributed by atoms with van der Waals surface area (Å²) in [7, 11) is 0. The van der Waals surface area contributed by atoms with Gasteiger partial charge >= 0.3 is 0 Å². The van der Waals surface area contributed by atoms with E-state index in [1.165, 1.54) is 0 Å². The van der Waals surface area contributed by atoms with Crippen LogP contribution in [0.2, 0.25) is 0 Å². The van der Waals surface area contributed by atoms with Crippen LogP contribution in [0.4, 0.5) is 0 Å². The maximum absolute atomic E-state index is 13.0. The standard InChI is InChI=1S/C25H18Br2N2O/c1-17-24(19-5-3-2-4-6-19)25(30)28-23(16-9-18-7-10-20(26)11-8-18)29(17)22-14-12-21(27)13-15-22/h2-16H,1H3. The van der Waals surface area contributed by atoms with Crippen molar-refractivity contribution < 1.29 is 0 Å². The van der Waals surface area contributed by atoms with Crippen LogP contribution in [0.5, 0.6) is 0 Å². The van der Waals surface area contributed by atoms with Crippen molar-refractivity contribution in [3.8, 4) is 16.8 Å². The van der Waals surface area contributed by atoms with E-state index in [0.29, 0.717) is 11.4 Å². The maximum Gasteiger partial charge on any atom is 0.281 e. The molecule has 0 fully saturated rings. The molecule has 148 valence electrons. The summed E-state index contributed by atoms with van der Waals surface area (Å²) in [6.45, 7) is 1.96. The highest BCUT2D eigenvalue weighted by molar-refractivity contribution is 9.10. The van der Waals surface area contributed by atoms with Gasteiger partial charge in [0.25, 0.3) is 5.56 Å². The van der Waals surface area contributed by atoms with Crippen LogP contribution in [0.1, 0.15) is 17.1 Å². The number of hydrogen-bond acceptors (Lipinski definition) is 2. The number of nitrogens with zero attached hydrogens (tertiary/aromatic N) is 2. The fraction of sp³-hybridized carbons (Fsp3) is 0.0400. The maximum atomic E-state index is 13.0. The molecule has 4 rings (SSSR count). The summed E-state index contributed by atoms with van der Waals surface area (Å²) in [5, 5.41) is 0. The average molecular weight is 522 g/mol. The van der Waals surface area contributed by atoms with E-state index in [-0.39, 0.29) is 5.56 Å². The van der Waals surface area contributed by atoms with Crippen molar-refractivity contribution >= 4 is 44.0 Å². The number of halogens is 2. The Hall–Kier alpha value is -2.76. The van der Waals surface area contributed by atoms with Gasteiger partial charge in [0.05, 0.1) is 5.56 Å². The molecule has 0 saturated carbocycles. The van der Waals surface area contributed by atoms with Crippen LogP contribution in [0, 0.1) is 6.92 Å². The lowest BCUT2D eigenvalue weighted by atomic mass is 10.1. The van der Waals surface area contributed by atoms with Crippen molar-refractivity contribution in [1.29, 1.82) is 0 Å². The Bertz CT molecular complexity index is 1260. The molecule has 4 aromatic rings.